The normalized spacial score (nSPS) is 17.4. The molecule has 0 radical (unpaired) electrons. The third kappa shape index (κ3) is 7.59. The topological polar surface area (TPSA) is 105 Å². The summed E-state index contributed by atoms with van der Waals surface area (Å²) in [4.78, 5) is 27.0. The zero-order valence-corrected chi connectivity index (χ0v) is 23.0. The van der Waals surface area contributed by atoms with Gasteiger partial charge in [0.2, 0.25) is 0 Å². The Morgan fingerprint density at radius 2 is 1.84 bits per heavy atom. The fraction of sp³-hybridized carbons (Fsp3) is 0.448. The Bertz CT molecular complexity index is 1170. The van der Waals surface area contributed by atoms with Gasteiger partial charge in [0, 0.05) is 23.7 Å². The van der Waals surface area contributed by atoms with Gasteiger partial charge in [0.05, 0.1) is 29.4 Å². The average molecular weight is 523 g/mol. The second kappa shape index (κ2) is 12.8. The van der Waals surface area contributed by atoms with E-state index in [0.29, 0.717) is 33.5 Å². The maximum Gasteiger partial charge on any atom is 0.323 e. The lowest BCUT2D eigenvalue weighted by Gasteiger charge is -2.38. The minimum atomic E-state index is -0.861. The Labute approximate surface area is 222 Å². The van der Waals surface area contributed by atoms with E-state index >= 15 is 0 Å². The van der Waals surface area contributed by atoms with Crippen molar-refractivity contribution >= 4 is 44.9 Å². The molecule has 37 heavy (non-hydrogen) atoms. The third-order valence-electron chi connectivity index (χ3n) is 6.87. The van der Waals surface area contributed by atoms with E-state index in [0.717, 1.165) is 37.1 Å². The van der Waals surface area contributed by atoms with E-state index in [1.54, 1.807) is 24.3 Å². The number of nitrogens with one attached hydrogen (secondary N) is 2. The van der Waals surface area contributed by atoms with Crippen molar-refractivity contribution in [3.05, 3.63) is 53.6 Å². The summed E-state index contributed by atoms with van der Waals surface area (Å²) in [6.07, 6.45) is 3.18. The van der Waals surface area contributed by atoms with Crippen LogP contribution in [0.15, 0.2) is 42.5 Å². The van der Waals surface area contributed by atoms with E-state index in [-0.39, 0.29) is 12.5 Å². The van der Waals surface area contributed by atoms with Crippen LogP contribution in [0.5, 0.6) is 0 Å². The number of carboxylic acids is 1. The highest BCUT2D eigenvalue weighted by Crippen LogP contribution is 2.38. The molecule has 0 saturated carbocycles. The quantitative estimate of drug-likeness (QED) is 0.329. The summed E-state index contributed by atoms with van der Waals surface area (Å²) >= 11 is 0. The van der Waals surface area contributed by atoms with E-state index in [4.69, 9.17) is 5.26 Å². The first-order valence-corrected chi connectivity index (χ1v) is 14.5. The highest BCUT2D eigenvalue weighted by atomic mass is 32.2. The number of nitrogens with zero attached hydrogens (tertiary/aromatic N) is 2. The van der Waals surface area contributed by atoms with Gasteiger partial charge in [-0.15, -0.1) is 0 Å². The first kappa shape index (κ1) is 28.3. The molecule has 2 aromatic rings. The molecule has 0 aromatic heterocycles. The van der Waals surface area contributed by atoms with Crippen molar-refractivity contribution in [3.8, 4) is 6.07 Å². The van der Waals surface area contributed by atoms with Gasteiger partial charge in [-0.1, -0.05) is 32.2 Å². The van der Waals surface area contributed by atoms with Crippen LogP contribution >= 0.6 is 10.5 Å². The fourth-order valence-corrected chi connectivity index (χ4v) is 6.63. The van der Waals surface area contributed by atoms with Gasteiger partial charge in [0.15, 0.2) is 0 Å². The van der Waals surface area contributed by atoms with E-state index in [1.807, 2.05) is 32.0 Å². The second-order valence-corrected chi connectivity index (χ2v) is 12.4. The van der Waals surface area contributed by atoms with Crippen LogP contribution in [-0.4, -0.2) is 46.6 Å². The molecule has 0 spiro atoms. The Balaban J connectivity index is 1.95. The Morgan fingerprint density at radius 1 is 1.16 bits per heavy atom. The zero-order chi connectivity index (χ0) is 27.0. The number of nitriles is 1. The van der Waals surface area contributed by atoms with Crippen LogP contribution in [0, 0.1) is 11.3 Å². The summed E-state index contributed by atoms with van der Waals surface area (Å²) in [6, 6.07) is 14.7. The molecule has 1 aliphatic heterocycles. The standard InChI is InChI=1S/C29H38N4O3S/c1-5-15-33(24-13-16-37(6-2)17-14-24)26-12-9-22(29(3,4)19-27(34)35)18-25(26)32-28(36)31-23-10-7-21(20-30)8-11-23/h6-12,18,24H,5,13-17,19H2,1-4H3,(H,34,35)(H2,31,32,36). The van der Waals surface area contributed by atoms with Crippen LogP contribution < -0.4 is 15.5 Å². The zero-order valence-electron chi connectivity index (χ0n) is 22.2. The van der Waals surface area contributed by atoms with Crippen LogP contribution in [0.4, 0.5) is 21.9 Å². The monoisotopic (exact) mass is 522 g/mol. The van der Waals surface area contributed by atoms with Crippen molar-refractivity contribution < 1.29 is 14.7 Å². The molecule has 3 rings (SSSR count). The Morgan fingerprint density at radius 3 is 2.41 bits per heavy atom. The van der Waals surface area contributed by atoms with Crippen LogP contribution in [-0.2, 0) is 10.2 Å². The van der Waals surface area contributed by atoms with Gasteiger partial charge in [0.25, 0.3) is 0 Å². The number of carbonyl (C=O) groups is 2. The van der Waals surface area contributed by atoms with Gasteiger partial charge >= 0.3 is 12.0 Å². The Kier molecular flexibility index (Phi) is 9.76. The number of benzene rings is 2. The molecular formula is C29H38N4O3S. The molecule has 1 saturated heterocycles. The van der Waals surface area contributed by atoms with Crippen LogP contribution in [0.25, 0.3) is 0 Å². The van der Waals surface area contributed by atoms with Crippen LogP contribution in [0.1, 0.15) is 64.5 Å². The van der Waals surface area contributed by atoms with Crippen molar-refractivity contribution in [3.63, 3.8) is 0 Å². The van der Waals surface area contributed by atoms with Crippen LogP contribution in [0.3, 0.4) is 0 Å². The molecule has 2 aromatic carbocycles. The molecule has 0 atom stereocenters. The second-order valence-electron chi connectivity index (χ2n) is 10.1. The van der Waals surface area contributed by atoms with Crippen molar-refractivity contribution in [2.24, 2.45) is 0 Å². The SMILES string of the molecule is CC=S1CCC(N(CCC)c2ccc(C(C)(C)CC(=O)O)cc2NC(=O)Nc2ccc(C#N)cc2)CC1. The summed E-state index contributed by atoms with van der Waals surface area (Å²) < 4.78 is 0. The highest BCUT2D eigenvalue weighted by Gasteiger charge is 2.28. The molecule has 7 nitrogen and oxygen atoms in total. The van der Waals surface area contributed by atoms with Gasteiger partial charge in [-0.05, 0) is 79.7 Å². The lowest BCUT2D eigenvalue weighted by Crippen LogP contribution is -2.39. The number of hydrogen-bond acceptors (Lipinski definition) is 4. The van der Waals surface area contributed by atoms with E-state index in [1.165, 1.54) is 11.5 Å². The lowest BCUT2D eigenvalue weighted by atomic mass is 9.81. The van der Waals surface area contributed by atoms with Gasteiger partial charge < -0.3 is 20.6 Å². The average Bonchev–Trinajstić information content (AvgIpc) is 2.87. The molecular weight excluding hydrogens is 484 g/mol. The van der Waals surface area contributed by atoms with Crippen molar-refractivity contribution in [2.45, 2.75) is 64.8 Å². The molecule has 0 unspecified atom stereocenters. The summed E-state index contributed by atoms with van der Waals surface area (Å²) in [7, 11) is 0.383. The first-order chi connectivity index (χ1) is 17.7. The maximum atomic E-state index is 13.1. The van der Waals surface area contributed by atoms with Crippen molar-refractivity contribution in [1.82, 2.24) is 0 Å². The number of aliphatic carboxylic acids is 1. The van der Waals surface area contributed by atoms with Gasteiger partial charge in [0.1, 0.15) is 0 Å². The summed E-state index contributed by atoms with van der Waals surface area (Å²) in [5.41, 5.74) is 2.99. The molecule has 0 aliphatic carbocycles. The number of amides is 2. The fourth-order valence-electron chi connectivity index (χ4n) is 4.81. The highest BCUT2D eigenvalue weighted by molar-refractivity contribution is 8.15. The summed E-state index contributed by atoms with van der Waals surface area (Å²) in [5.74, 6) is 1.51. The van der Waals surface area contributed by atoms with Crippen LogP contribution in [0.2, 0.25) is 0 Å². The predicted molar refractivity (Wildman–Crippen MR) is 155 cm³/mol. The number of carbonyl (C=O) groups excluding carboxylic acids is 1. The van der Waals surface area contributed by atoms with Crippen molar-refractivity contribution in [2.75, 3.05) is 33.6 Å². The molecule has 1 aliphatic rings. The molecule has 2 amide bonds. The van der Waals surface area contributed by atoms with Gasteiger partial charge in [-0.25, -0.2) is 4.79 Å². The minimum Gasteiger partial charge on any atom is -0.481 e. The number of anilines is 3. The smallest absolute Gasteiger partial charge is 0.323 e. The number of carboxylic acid groups (broad SMARTS) is 1. The minimum absolute atomic E-state index is 0.0135. The number of rotatable bonds is 9. The number of urea groups is 1. The summed E-state index contributed by atoms with van der Waals surface area (Å²) in [6.45, 7) is 9.00. The maximum absolute atomic E-state index is 13.1. The molecule has 198 valence electrons. The predicted octanol–water partition coefficient (Wildman–Crippen LogP) is 6.42. The molecule has 1 fully saturated rings. The molecule has 0 bridgehead atoms. The van der Waals surface area contributed by atoms with Crippen molar-refractivity contribution in [1.29, 1.82) is 5.26 Å². The molecule has 8 heteroatoms. The first-order valence-electron chi connectivity index (χ1n) is 12.8. The lowest BCUT2D eigenvalue weighted by molar-refractivity contribution is -0.138. The van der Waals surface area contributed by atoms with E-state index in [2.05, 4.69) is 40.8 Å². The number of hydrogen-bond donors (Lipinski definition) is 3. The van der Waals surface area contributed by atoms with E-state index < -0.39 is 11.4 Å². The summed E-state index contributed by atoms with van der Waals surface area (Å²) in [5, 5.41) is 26.7. The van der Waals surface area contributed by atoms with E-state index in [9.17, 15) is 14.7 Å². The molecule has 3 N–H and O–H groups in total. The van der Waals surface area contributed by atoms with Gasteiger partial charge in [-0.3, -0.25) is 4.79 Å². The largest absolute Gasteiger partial charge is 0.481 e. The Hall–Kier alpha value is -3.31. The third-order valence-corrected chi connectivity index (χ3v) is 9.05. The van der Waals surface area contributed by atoms with Gasteiger partial charge in [-0.2, -0.15) is 15.7 Å². The molecule has 1 heterocycles.